The van der Waals surface area contributed by atoms with Gasteiger partial charge in [-0.15, -0.1) is 0 Å². The molecule has 160 valence electrons. The predicted molar refractivity (Wildman–Crippen MR) is 123 cm³/mol. The Balaban J connectivity index is 1.52. The van der Waals surface area contributed by atoms with Crippen LogP contribution >= 0.6 is 0 Å². The largest absolute Gasteiger partial charge is 0.347 e. The van der Waals surface area contributed by atoms with Crippen molar-refractivity contribution in [2.75, 3.05) is 32.1 Å². The molecule has 3 aromatic rings. The Hall–Kier alpha value is -3.02. The second kappa shape index (κ2) is 7.29. The van der Waals surface area contributed by atoms with Gasteiger partial charge in [-0.25, -0.2) is 9.97 Å². The molecule has 6 heteroatoms. The van der Waals surface area contributed by atoms with Crippen LogP contribution in [0.3, 0.4) is 0 Å². The van der Waals surface area contributed by atoms with Crippen LogP contribution in [0.2, 0.25) is 0 Å². The monoisotopic (exact) mass is 415 g/mol. The number of carbonyl (C=O) groups is 1. The first-order valence-electron chi connectivity index (χ1n) is 11.1. The van der Waals surface area contributed by atoms with Gasteiger partial charge in [-0.1, -0.05) is 18.2 Å². The van der Waals surface area contributed by atoms with Crippen LogP contribution in [0.5, 0.6) is 0 Å². The van der Waals surface area contributed by atoms with Gasteiger partial charge in [0.05, 0.1) is 16.8 Å². The number of anilines is 1. The quantitative estimate of drug-likeness (QED) is 0.637. The summed E-state index contributed by atoms with van der Waals surface area (Å²) in [4.78, 5) is 31.9. The number of hydrogen-bond acceptors (Lipinski definition) is 5. The molecule has 1 unspecified atom stereocenters. The van der Waals surface area contributed by atoms with E-state index in [4.69, 9.17) is 9.97 Å². The number of benzene rings is 1. The Kier molecular flexibility index (Phi) is 4.68. The van der Waals surface area contributed by atoms with Crippen LogP contribution in [0.25, 0.3) is 10.9 Å². The third-order valence-electron chi connectivity index (χ3n) is 6.89. The molecule has 1 aromatic carbocycles. The molecule has 0 saturated carbocycles. The maximum absolute atomic E-state index is 13.8. The molecule has 2 aromatic heterocycles. The molecule has 5 rings (SSSR count). The normalized spacial score (nSPS) is 20.3. The highest BCUT2D eigenvalue weighted by Crippen LogP contribution is 2.44. The van der Waals surface area contributed by atoms with Crippen LogP contribution in [-0.2, 0) is 11.8 Å². The summed E-state index contributed by atoms with van der Waals surface area (Å²) in [5, 5.41) is 0.944. The fraction of sp³-hybridized carbons (Fsp3) is 0.440. The Morgan fingerprint density at radius 1 is 1.16 bits per heavy atom. The lowest BCUT2D eigenvalue weighted by Crippen LogP contribution is -2.48. The van der Waals surface area contributed by atoms with Gasteiger partial charge in [0.1, 0.15) is 0 Å². The highest BCUT2D eigenvalue weighted by Gasteiger charge is 2.45. The van der Waals surface area contributed by atoms with Gasteiger partial charge in [0, 0.05) is 49.9 Å². The summed E-state index contributed by atoms with van der Waals surface area (Å²) in [5.74, 6) is 0.852. The number of pyridine rings is 1. The first-order chi connectivity index (χ1) is 14.9. The number of piperidine rings is 1. The maximum atomic E-state index is 13.8. The van der Waals surface area contributed by atoms with E-state index in [1.165, 1.54) is 5.56 Å². The SMILES string of the molecule is Cc1cc(C(=O)N2CCCC3(CCc4cnc(N(C)C)nc43)C2)c2cccc(C)c2n1. The number of aryl methyl sites for hydroxylation is 3. The fourth-order valence-corrected chi connectivity index (χ4v) is 5.32. The van der Waals surface area contributed by atoms with Crippen LogP contribution in [0.4, 0.5) is 5.95 Å². The molecule has 2 aliphatic rings. The van der Waals surface area contributed by atoms with Gasteiger partial charge in [0.25, 0.3) is 5.91 Å². The summed E-state index contributed by atoms with van der Waals surface area (Å²) in [6.07, 6.45) is 6.07. The van der Waals surface area contributed by atoms with Crippen molar-refractivity contribution >= 4 is 22.8 Å². The summed E-state index contributed by atoms with van der Waals surface area (Å²) in [6, 6.07) is 8.02. The Labute approximate surface area is 183 Å². The molecule has 31 heavy (non-hydrogen) atoms. The number of aromatic nitrogens is 3. The number of likely N-dealkylation sites (tertiary alicyclic amines) is 1. The molecule has 1 amide bonds. The van der Waals surface area contributed by atoms with Crippen molar-refractivity contribution in [1.82, 2.24) is 19.9 Å². The average Bonchev–Trinajstić information content (AvgIpc) is 3.10. The van der Waals surface area contributed by atoms with Crippen molar-refractivity contribution in [2.45, 2.75) is 44.9 Å². The minimum absolute atomic E-state index is 0.0647. The smallest absolute Gasteiger partial charge is 0.254 e. The predicted octanol–water partition coefficient (Wildman–Crippen LogP) is 3.83. The summed E-state index contributed by atoms with van der Waals surface area (Å²) in [7, 11) is 3.94. The molecule has 6 nitrogen and oxygen atoms in total. The van der Waals surface area contributed by atoms with E-state index in [1.54, 1.807) is 0 Å². The van der Waals surface area contributed by atoms with Gasteiger partial charge in [0.2, 0.25) is 5.95 Å². The zero-order valence-corrected chi connectivity index (χ0v) is 18.8. The summed E-state index contributed by atoms with van der Waals surface area (Å²) >= 11 is 0. The van der Waals surface area contributed by atoms with E-state index in [1.807, 2.05) is 55.2 Å². The van der Waals surface area contributed by atoms with E-state index in [0.717, 1.165) is 78.1 Å². The molecule has 0 radical (unpaired) electrons. The van der Waals surface area contributed by atoms with Gasteiger partial charge in [-0.05, 0) is 56.7 Å². The molecule has 1 saturated heterocycles. The van der Waals surface area contributed by atoms with Crippen molar-refractivity contribution in [3.8, 4) is 0 Å². The molecule has 3 heterocycles. The van der Waals surface area contributed by atoms with Crippen LogP contribution < -0.4 is 4.90 Å². The van der Waals surface area contributed by atoms with Crippen molar-refractivity contribution in [3.63, 3.8) is 0 Å². The van der Waals surface area contributed by atoms with E-state index in [9.17, 15) is 4.79 Å². The van der Waals surface area contributed by atoms with E-state index < -0.39 is 0 Å². The number of rotatable bonds is 2. The van der Waals surface area contributed by atoms with Crippen molar-refractivity contribution < 1.29 is 4.79 Å². The number of nitrogens with zero attached hydrogens (tertiary/aromatic N) is 5. The number of para-hydroxylation sites is 1. The van der Waals surface area contributed by atoms with Crippen LogP contribution in [0.1, 0.15) is 52.1 Å². The van der Waals surface area contributed by atoms with Gasteiger partial charge in [-0.3, -0.25) is 9.78 Å². The molecule has 1 spiro atoms. The highest BCUT2D eigenvalue weighted by atomic mass is 16.2. The number of carbonyl (C=O) groups excluding carboxylic acids is 1. The van der Waals surface area contributed by atoms with Crippen molar-refractivity contribution in [1.29, 1.82) is 0 Å². The van der Waals surface area contributed by atoms with E-state index in [-0.39, 0.29) is 11.3 Å². The third kappa shape index (κ3) is 3.25. The first kappa shape index (κ1) is 19.9. The third-order valence-corrected chi connectivity index (χ3v) is 6.89. The lowest BCUT2D eigenvalue weighted by molar-refractivity contribution is 0.0635. The topological polar surface area (TPSA) is 62.2 Å². The second-order valence-corrected chi connectivity index (χ2v) is 9.33. The van der Waals surface area contributed by atoms with Gasteiger partial charge in [-0.2, -0.15) is 0 Å². The molecular formula is C25H29N5O. The Morgan fingerprint density at radius 3 is 2.81 bits per heavy atom. The maximum Gasteiger partial charge on any atom is 0.254 e. The minimum atomic E-state index is -0.0647. The zero-order valence-electron chi connectivity index (χ0n) is 18.8. The van der Waals surface area contributed by atoms with Crippen molar-refractivity contribution in [3.05, 3.63) is 58.5 Å². The standard InChI is InChI=1S/C25H29N5O/c1-16-7-5-8-19-20(13-17(2)27-21(16)19)23(31)30-12-6-10-25(15-30)11-9-18-14-26-24(29(3)4)28-22(18)25/h5,7-8,13-14H,6,9-12,15H2,1-4H3. The second-order valence-electron chi connectivity index (χ2n) is 9.33. The molecule has 1 fully saturated rings. The van der Waals surface area contributed by atoms with Crippen LogP contribution in [0.15, 0.2) is 30.5 Å². The van der Waals surface area contributed by atoms with E-state index in [0.29, 0.717) is 0 Å². The lowest BCUT2D eigenvalue weighted by Gasteiger charge is -2.40. The molecule has 0 N–H and O–H groups in total. The number of hydrogen-bond donors (Lipinski definition) is 0. The van der Waals surface area contributed by atoms with Crippen molar-refractivity contribution in [2.24, 2.45) is 0 Å². The summed E-state index contributed by atoms with van der Waals surface area (Å²) in [6.45, 7) is 5.53. The molecule has 1 aliphatic carbocycles. The molecule has 0 bridgehead atoms. The van der Waals surface area contributed by atoms with Gasteiger partial charge >= 0.3 is 0 Å². The highest BCUT2D eigenvalue weighted by molar-refractivity contribution is 6.06. The van der Waals surface area contributed by atoms with Crippen LogP contribution in [0, 0.1) is 13.8 Å². The number of fused-ring (bicyclic) bond motifs is 3. The average molecular weight is 416 g/mol. The molecule has 1 atom stereocenters. The Bertz CT molecular complexity index is 1180. The summed E-state index contributed by atoms with van der Waals surface area (Å²) in [5.41, 5.74) is 5.99. The summed E-state index contributed by atoms with van der Waals surface area (Å²) < 4.78 is 0. The van der Waals surface area contributed by atoms with Gasteiger partial charge in [0.15, 0.2) is 0 Å². The van der Waals surface area contributed by atoms with E-state index >= 15 is 0 Å². The van der Waals surface area contributed by atoms with Gasteiger partial charge < -0.3 is 9.80 Å². The molecule has 1 aliphatic heterocycles. The van der Waals surface area contributed by atoms with Crippen LogP contribution in [-0.4, -0.2) is 52.9 Å². The fourth-order valence-electron chi connectivity index (χ4n) is 5.32. The Morgan fingerprint density at radius 2 is 2.00 bits per heavy atom. The lowest BCUT2D eigenvalue weighted by atomic mass is 9.77. The molecular weight excluding hydrogens is 386 g/mol. The minimum Gasteiger partial charge on any atom is -0.347 e. The van der Waals surface area contributed by atoms with E-state index in [2.05, 4.69) is 18.0 Å². The first-order valence-corrected chi connectivity index (χ1v) is 11.1. The zero-order chi connectivity index (χ0) is 21.8. The number of amides is 1.